The Kier molecular flexibility index (Phi) is 2.32. The van der Waals surface area contributed by atoms with Gasteiger partial charge in [-0.25, -0.2) is 4.79 Å². The minimum Gasteiger partial charge on any atom is -0.473 e. The van der Waals surface area contributed by atoms with E-state index in [1.807, 2.05) is 0 Å². The van der Waals surface area contributed by atoms with Gasteiger partial charge < -0.3 is 13.6 Å². The van der Waals surface area contributed by atoms with Gasteiger partial charge in [0, 0.05) is 6.92 Å². The maximum absolute atomic E-state index is 10.5. The van der Waals surface area contributed by atoms with Crippen LogP contribution in [0.2, 0.25) is 0 Å². The van der Waals surface area contributed by atoms with Crippen molar-refractivity contribution in [1.82, 2.24) is 0 Å². The lowest BCUT2D eigenvalue weighted by molar-refractivity contribution is 0.247. The summed E-state index contributed by atoms with van der Waals surface area (Å²) in [6.07, 6.45) is 0. The van der Waals surface area contributed by atoms with Crippen molar-refractivity contribution in [2.75, 3.05) is 0 Å². The maximum Gasteiger partial charge on any atom is 0.519 e. The molecule has 5 heteroatoms. The van der Waals surface area contributed by atoms with Crippen LogP contribution < -0.4 is 5.82 Å². The first-order valence-corrected chi connectivity index (χ1v) is 3.37. The molecule has 1 heterocycles. The highest BCUT2D eigenvalue weighted by Gasteiger charge is 2.08. The van der Waals surface area contributed by atoms with E-state index in [0.29, 0.717) is 11.5 Å². The third-order valence-electron chi connectivity index (χ3n) is 1.26. The smallest absolute Gasteiger partial charge is 0.473 e. The Labute approximate surface area is 68.5 Å². The van der Waals surface area contributed by atoms with Crippen molar-refractivity contribution >= 4 is 5.90 Å². The molecule has 0 saturated heterocycles. The summed E-state index contributed by atoms with van der Waals surface area (Å²) in [5.41, 5.74) is 0. The SMILES string of the molecule is CC(=N)OCc1oc(=O)oc1C. The highest BCUT2D eigenvalue weighted by Crippen LogP contribution is 2.05. The Morgan fingerprint density at radius 1 is 1.58 bits per heavy atom. The normalized spacial score (nSPS) is 9.83. The molecule has 0 atom stereocenters. The number of hydrogen-bond acceptors (Lipinski definition) is 5. The first-order chi connectivity index (χ1) is 5.59. The minimum atomic E-state index is -0.742. The standard InChI is InChI=1S/C7H9NO4/c1-4-6(3-10-5(2)8)12-7(9)11-4/h8H,3H2,1-2H3. The molecule has 0 aliphatic heterocycles. The van der Waals surface area contributed by atoms with E-state index in [1.54, 1.807) is 6.92 Å². The molecule has 66 valence electrons. The Morgan fingerprint density at radius 3 is 2.67 bits per heavy atom. The van der Waals surface area contributed by atoms with Gasteiger partial charge in [0.1, 0.15) is 0 Å². The second-order valence-electron chi connectivity index (χ2n) is 2.28. The van der Waals surface area contributed by atoms with Gasteiger partial charge in [-0.2, -0.15) is 0 Å². The van der Waals surface area contributed by atoms with E-state index >= 15 is 0 Å². The van der Waals surface area contributed by atoms with Crippen molar-refractivity contribution < 1.29 is 13.6 Å². The molecule has 0 amide bonds. The van der Waals surface area contributed by atoms with Crippen molar-refractivity contribution in [3.8, 4) is 0 Å². The average molecular weight is 171 g/mol. The Bertz CT molecular complexity index is 335. The average Bonchev–Trinajstić information content (AvgIpc) is 2.26. The second-order valence-corrected chi connectivity index (χ2v) is 2.28. The van der Waals surface area contributed by atoms with Crippen LogP contribution in [0.1, 0.15) is 18.4 Å². The van der Waals surface area contributed by atoms with Gasteiger partial charge in [0.15, 0.2) is 24.0 Å². The summed E-state index contributed by atoms with van der Waals surface area (Å²) in [5, 5.41) is 6.95. The van der Waals surface area contributed by atoms with Crippen molar-refractivity contribution in [1.29, 1.82) is 5.41 Å². The molecule has 0 aliphatic carbocycles. The summed E-state index contributed by atoms with van der Waals surface area (Å²) >= 11 is 0. The van der Waals surface area contributed by atoms with Crippen LogP contribution >= 0.6 is 0 Å². The molecule has 0 spiro atoms. The first kappa shape index (κ1) is 8.58. The number of aryl methyl sites for hydroxylation is 1. The lowest BCUT2D eigenvalue weighted by atomic mass is 10.4. The van der Waals surface area contributed by atoms with Crippen LogP contribution in [0.15, 0.2) is 13.6 Å². The second kappa shape index (κ2) is 3.25. The van der Waals surface area contributed by atoms with Crippen molar-refractivity contribution in [2.24, 2.45) is 0 Å². The zero-order valence-electron chi connectivity index (χ0n) is 6.84. The van der Waals surface area contributed by atoms with Gasteiger partial charge in [-0.1, -0.05) is 0 Å². The predicted octanol–water partition coefficient (Wildman–Crippen LogP) is 1.05. The van der Waals surface area contributed by atoms with E-state index in [-0.39, 0.29) is 12.5 Å². The number of nitrogens with one attached hydrogen (secondary N) is 1. The molecular weight excluding hydrogens is 162 g/mol. The number of hydrogen-bond donors (Lipinski definition) is 1. The zero-order chi connectivity index (χ0) is 9.14. The fourth-order valence-electron chi connectivity index (χ4n) is 0.680. The van der Waals surface area contributed by atoms with Gasteiger partial charge in [0.05, 0.1) is 0 Å². The number of ether oxygens (including phenoxy) is 1. The molecule has 0 saturated carbocycles. The molecule has 0 radical (unpaired) electrons. The third kappa shape index (κ3) is 1.98. The molecule has 12 heavy (non-hydrogen) atoms. The lowest BCUT2D eigenvalue weighted by Gasteiger charge is -1.98. The molecule has 5 nitrogen and oxygen atoms in total. The minimum absolute atomic E-state index is 0.0624. The van der Waals surface area contributed by atoms with Gasteiger partial charge in [0.2, 0.25) is 0 Å². The van der Waals surface area contributed by atoms with Crippen LogP contribution in [-0.4, -0.2) is 5.90 Å². The first-order valence-electron chi connectivity index (χ1n) is 3.37. The summed E-state index contributed by atoms with van der Waals surface area (Å²) in [6.45, 7) is 3.16. The van der Waals surface area contributed by atoms with Gasteiger partial charge in [-0.3, -0.25) is 5.41 Å². The quantitative estimate of drug-likeness (QED) is 0.533. The highest BCUT2D eigenvalue weighted by molar-refractivity contribution is 5.69. The van der Waals surface area contributed by atoms with Crippen LogP contribution in [0.4, 0.5) is 0 Å². The highest BCUT2D eigenvalue weighted by atomic mass is 16.6. The van der Waals surface area contributed by atoms with Crippen molar-refractivity contribution in [2.45, 2.75) is 20.5 Å². The Balaban J connectivity index is 2.69. The van der Waals surface area contributed by atoms with E-state index in [4.69, 9.17) is 10.1 Å². The van der Waals surface area contributed by atoms with Crippen LogP contribution in [0.25, 0.3) is 0 Å². The zero-order valence-corrected chi connectivity index (χ0v) is 6.84. The van der Waals surface area contributed by atoms with Gasteiger partial charge in [-0.15, -0.1) is 0 Å². The van der Waals surface area contributed by atoms with E-state index in [2.05, 4.69) is 8.83 Å². The van der Waals surface area contributed by atoms with Gasteiger partial charge in [0.25, 0.3) is 0 Å². The summed E-state index contributed by atoms with van der Waals surface area (Å²) in [7, 11) is 0. The van der Waals surface area contributed by atoms with Gasteiger partial charge >= 0.3 is 5.82 Å². The fraction of sp³-hybridized carbons (Fsp3) is 0.429. The van der Waals surface area contributed by atoms with Crippen molar-refractivity contribution in [3.05, 3.63) is 22.1 Å². The third-order valence-corrected chi connectivity index (χ3v) is 1.26. The fourth-order valence-corrected chi connectivity index (χ4v) is 0.680. The molecular formula is C7H9NO4. The molecule has 0 fully saturated rings. The van der Waals surface area contributed by atoms with E-state index in [9.17, 15) is 4.79 Å². The molecule has 1 rings (SSSR count). The molecule has 1 aromatic heterocycles. The summed E-state index contributed by atoms with van der Waals surface area (Å²) in [4.78, 5) is 10.5. The van der Waals surface area contributed by atoms with Crippen LogP contribution in [0.5, 0.6) is 0 Å². The monoisotopic (exact) mass is 171 g/mol. The topological polar surface area (TPSA) is 76.4 Å². The lowest BCUT2D eigenvalue weighted by Crippen LogP contribution is -1.98. The molecule has 0 aliphatic rings. The molecule has 1 N–H and O–H groups in total. The van der Waals surface area contributed by atoms with E-state index in [1.165, 1.54) is 6.92 Å². The maximum atomic E-state index is 10.5. The molecule has 0 unspecified atom stereocenters. The number of rotatable bonds is 2. The van der Waals surface area contributed by atoms with E-state index < -0.39 is 5.82 Å². The van der Waals surface area contributed by atoms with Crippen LogP contribution in [0.3, 0.4) is 0 Å². The summed E-state index contributed by atoms with van der Waals surface area (Å²) in [6, 6.07) is 0. The molecule has 1 aromatic rings. The van der Waals surface area contributed by atoms with Crippen LogP contribution in [-0.2, 0) is 11.3 Å². The van der Waals surface area contributed by atoms with Gasteiger partial charge in [-0.05, 0) is 6.92 Å². The Morgan fingerprint density at radius 2 is 2.25 bits per heavy atom. The molecule has 0 aromatic carbocycles. The predicted molar refractivity (Wildman–Crippen MR) is 40.2 cm³/mol. The van der Waals surface area contributed by atoms with E-state index in [0.717, 1.165) is 0 Å². The largest absolute Gasteiger partial charge is 0.519 e. The summed E-state index contributed by atoms with van der Waals surface area (Å²) in [5.74, 6) is 0.0415. The Hall–Kier alpha value is -1.52. The van der Waals surface area contributed by atoms with Crippen LogP contribution in [0, 0.1) is 12.3 Å². The molecule has 0 bridgehead atoms. The summed E-state index contributed by atoms with van der Waals surface area (Å²) < 4.78 is 14.0. The van der Waals surface area contributed by atoms with Crippen molar-refractivity contribution in [3.63, 3.8) is 0 Å².